The molecule has 0 unspecified atom stereocenters. The molecule has 0 bridgehead atoms. The molecular weight excluding hydrogens is 366 g/mol. The Bertz CT molecular complexity index is 811. The van der Waals surface area contributed by atoms with Crippen molar-refractivity contribution in [2.75, 3.05) is 26.9 Å². The van der Waals surface area contributed by atoms with Gasteiger partial charge in [-0.2, -0.15) is 0 Å². The Balaban J connectivity index is 1.67. The number of methoxy groups -OCH3 is 1. The fourth-order valence-corrected chi connectivity index (χ4v) is 3.02. The van der Waals surface area contributed by atoms with E-state index in [1.807, 2.05) is 43.3 Å². The van der Waals surface area contributed by atoms with E-state index in [1.54, 1.807) is 7.11 Å². The van der Waals surface area contributed by atoms with E-state index in [0.29, 0.717) is 42.8 Å². The van der Waals surface area contributed by atoms with E-state index in [1.165, 1.54) is 0 Å². The molecule has 1 aliphatic rings. The van der Waals surface area contributed by atoms with Crippen LogP contribution in [-0.4, -0.2) is 32.8 Å². The standard InChI is InChI=1S/C20H24ClN3O3/c1-3-22-20(23-12-14-5-4-6-16(9-14)25-2)24-13-15-10-17(21)19-18(11-15)26-7-8-27-19/h4-6,9-11H,3,7-8,12-13H2,1-2H3,(H2,22,23,24). The van der Waals surface area contributed by atoms with Gasteiger partial charge >= 0.3 is 0 Å². The summed E-state index contributed by atoms with van der Waals surface area (Å²) >= 11 is 6.30. The number of benzene rings is 2. The first kappa shape index (κ1) is 19.2. The van der Waals surface area contributed by atoms with E-state index >= 15 is 0 Å². The number of hydrogen-bond donors (Lipinski definition) is 2. The van der Waals surface area contributed by atoms with Gasteiger partial charge in [-0.25, -0.2) is 4.99 Å². The first-order valence-electron chi connectivity index (χ1n) is 8.92. The van der Waals surface area contributed by atoms with Gasteiger partial charge in [-0.1, -0.05) is 23.7 Å². The summed E-state index contributed by atoms with van der Waals surface area (Å²) in [4.78, 5) is 4.64. The van der Waals surface area contributed by atoms with Crippen LogP contribution in [0.25, 0.3) is 0 Å². The highest BCUT2D eigenvalue weighted by Crippen LogP contribution is 2.38. The van der Waals surface area contributed by atoms with Crippen molar-refractivity contribution in [3.05, 3.63) is 52.5 Å². The van der Waals surface area contributed by atoms with Crippen LogP contribution in [-0.2, 0) is 13.1 Å². The SMILES string of the molecule is CCNC(=NCc1cc(Cl)c2c(c1)OCCO2)NCc1cccc(OC)c1. The zero-order valence-corrected chi connectivity index (χ0v) is 16.3. The number of nitrogens with one attached hydrogen (secondary N) is 2. The molecule has 1 aliphatic heterocycles. The van der Waals surface area contributed by atoms with Gasteiger partial charge < -0.3 is 24.8 Å². The summed E-state index contributed by atoms with van der Waals surface area (Å²) in [6.45, 7) is 4.97. The smallest absolute Gasteiger partial charge is 0.191 e. The second-order valence-electron chi connectivity index (χ2n) is 6.00. The molecule has 0 amide bonds. The Kier molecular flexibility index (Phi) is 6.65. The van der Waals surface area contributed by atoms with Crippen LogP contribution in [0.1, 0.15) is 18.1 Å². The summed E-state index contributed by atoms with van der Waals surface area (Å²) < 4.78 is 16.4. The zero-order valence-electron chi connectivity index (χ0n) is 15.5. The van der Waals surface area contributed by atoms with E-state index in [9.17, 15) is 0 Å². The Morgan fingerprint density at radius 2 is 2.00 bits per heavy atom. The molecule has 6 nitrogen and oxygen atoms in total. The van der Waals surface area contributed by atoms with Crippen LogP contribution in [0.2, 0.25) is 5.02 Å². The van der Waals surface area contributed by atoms with Gasteiger partial charge in [-0.05, 0) is 42.3 Å². The summed E-state index contributed by atoms with van der Waals surface area (Å²) in [6, 6.07) is 11.7. The van der Waals surface area contributed by atoms with Crippen LogP contribution >= 0.6 is 11.6 Å². The number of ether oxygens (including phenoxy) is 3. The van der Waals surface area contributed by atoms with E-state index in [-0.39, 0.29) is 0 Å². The quantitative estimate of drug-likeness (QED) is 0.585. The third-order valence-corrected chi connectivity index (χ3v) is 4.30. The molecule has 2 aromatic carbocycles. The molecule has 1 heterocycles. The zero-order chi connectivity index (χ0) is 19.1. The molecule has 2 N–H and O–H groups in total. The molecular formula is C20H24ClN3O3. The van der Waals surface area contributed by atoms with Crippen LogP contribution < -0.4 is 24.8 Å². The van der Waals surface area contributed by atoms with Crippen molar-refractivity contribution < 1.29 is 14.2 Å². The Labute approximate surface area is 164 Å². The van der Waals surface area contributed by atoms with Crippen molar-refractivity contribution in [2.45, 2.75) is 20.0 Å². The van der Waals surface area contributed by atoms with Gasteiger partial charge in [0.25, 0.3) is 0 Å². The fourth-order valence-electron chi connectivity index (χ4n) is 2.74. The molecule has 0 atom stereocenters. The molecule has 144 valence electrons. The lowest BCUT2D eigenvalue weighted by Crippen LogP contribution is -2.36. The lowest BCUT2D eigenvalue weighted by molar-refractivity contribution is 0.171. The van der Waals surface area contributed by atoms with Crippen LogP contribution in [0, 0.1) is 0 Å². The number of nitrogens with zero attached hydrogens (tertiary/aromatic N) is 1. The molecule has 0 saturated heterocycles. The third kappa shape index (κ3) is 5.20. The molecule has 2 aromatic rings. The van der Waals surface area contributed by atoms with Gasteiger partial charge in [0.15, 0.2) is 17.5 Å². The van der Waals surface area contributed by atoms with Crippen LogP contribution in [0.4, 0.5) is 0 Å². The number of hydrogen-bond acceptors (Lipinski definition) is 4. The van der Waals surface area contributed by atoms with E-state index in [2.05, 4.69) is 15.6 Å². The summed E-state index contributed by atoms with van der Waals surface area (Å²) in [6.07, 6.45) is 0. The Morgan fingerprint density at radius 1 is 1.15 bits per heavy atom. The number of rotatable bonds is 6. The predicted octanol–water partition coefficient (Wildman–Crippen LogP) is 3.38. The highest BCUT2D eigenvalue weighted by molar-refractivity contribution is 6.32. The van der Waals surface area contributed by atoms with Gasteiger partial charge in [0.2, 0.25) is 0 Å². The lowest BCUT2D eigenvalue weighted by atomic mass is 10.2. The van der Waals surface area contributed by atoms with Crippen molar-refractivity contribution in [1.29, 1.82) is 0 Å². The monoisotopic (exact) mass is 389 g/mol. The average Bonchev–Trinajstić information content (AvgIpc) is 2.70. The van der Waals surface area contributed by atoms with Gasteiger partial charge in [-0.3, -0.25) is 0 Å². The van der Waals surface area contributed by atoms with E-state index in [0.717, 1.165) is 29.4 Å². The molecule has 7 heteroatoms. The normalized spacial score (nSPS) is 13.2. The van der Waals surface area contributed by atoms with Crippen molar-refractivity contribution >= 4 is 17.6 Å². The van der Waals surface area contributed by atoms with Gasteiger partial charge in [0.1, 0.15) is 19.0 Å². The number of fused-ring (bicyclic) bond motifs is 1. The predicted molar refractivity (Wildman–Crippen MR) is 107 cm³/mol. The molecule has 27 heavy (non-hydrogen) atoms. The van der Waals surface area contributed by atoms with Crippen LogP contribution in [0.3, 0.4) is 0 Å². The molecule has 0 aromatic heterocycles. The highest BCUT2D eigenvalue weighted by Gasteiger charge is 2.16. The fraction of sp³-hybridized carbons (Fsp3) is 0.350. The summed E-state index contributed by atoms with van der Waals surface area (Å²) in [5.41, 5.74) is 2.07. The second-order valence-corrected chi connectivity index (χ2v) is 6.41. The first-order chi connectivity index (χ1) is 13.2. The topological polar surface area (TPSA) is 64.1 Å². The van der Waals surface area contributed by atoms with Gasteiger partial charge in [0.05, 0.1) is 18.7 Å². The van der Waals surface area contributed by atoms with Gasteiger partial charge in [-0.15, -0.1) is 0 Å². The van der Waals surface area contributed by atoms with Crippen molar-refractivity contribution in [3.63, 3.8) is 0 Å². The average molecular weight is 390 g/mol. The Hall–Kier alpha value is -2.60. The van der Waals surface area contributed by atoms with Crippen molar-refractivity contribution in [3.8, 4) is 17.2 Å². The van der Waals surface area contributed by atoms with Crippen LogP contribution in [0.5, 0.6) is 17.2 Å². The lowest BCUT2D eigenvalue weighted by Gasteiger charge is -2.20. The maximum atomic E-state index is 6.30. The summed E-state index contributed by atoms with van der Waals surface area (Å²) in [7, 11) is 1.66. The largest absolute Gasteiger partial charge is 0.497 e. The molecule has 3 rings (SSSR count). The minimum atomic E-state index is 0.476. The first-order valence-corrected chi connectivity index (χ1v) is 9.30. The minimum Gasteiger partial charge on any atom is -0.497 e. The molecule has 0 aliphatic carbocycles. The van der Waals surface area contributed by atoms with Crippen molar-refractivity contribution in [2.24, 2.45) is 4.99 Å². The molecule has 0 radical (unpaired) electrons. The number of guanidine groups is 1. The summed E-state index contributed by atoms with van der Waals surface area (Å²) in [5.74, 6) is 2.85. The maximum Gasteiger partial charge on any atom is 0.191 e. The molecule has 0 spiro atoms. The highest BCUT2D eigenvalue weighted by atomic mass is 35.5. The van der Waals surface area contributed by atoms with E-state index in [4.69, 9.17) is 25.8 Å². The Morgan fingerprint density at radius 3 is 2.81 bits per heavy atom. The minimum absolute atomic E-state index is 0.476. The van der Waals surface area contributed by atoms with E-state index < -0.39 is 0 Å². The summed E-state index contributed by atoms with van der Waals surface area (Å²) in [5, 5.41) is 7.13. The molecule has 0 saturated carbocycles. The maximum absolute atomic E-state index is 6.30. The van der Waals surface area contributed by atoms with Gasteiger partial charge in [0, 0.05) is 13.1 Å². The molecule has 0 fully saturated rings. The number of aliphatic imine (C=N–C) groups is 1. The second kappa shape index (κ2) is 9.37. The van der Waals surface area contributed by atoms with Crippen molar-refractivity contribution in [1.82, 2.24) is 10.6 Å². The number of halogens is 1. The third-order valence-electron chi connectivity index (χ3n) is 4.01. The van der Waals surface area contributed by atoms with Crippen LogP contribution in [0.15, 0.2) is 41.4 Å².